The topological polar surface area (TPSA) is 105 Å². The lowest BCUT2D eigenvalue weighted by molar-refractivity contribution is -0.138. The predicted molar refractivity (Wildman–Crippen MR) is 135 cm³/mol. The number of nitrogens with one attached hydrogen (secondary N) is 2. The van der Waals surface area contributed by atoms with E-state index in [-0.39, 0.29) is 5.75 Å². The number of nitrogens with zero attached hydrogens (tertiary/aromatic N) is 2. The summed E-state index contributed by atoms with van der Waals surface area (Å²) in [6.07, 6.45) is 0. The number of carbonyl (C=O) groups excluding carboxylic acids is 3. The Morgan fingerprint density at radius 3 is 2.17 bits per heavy atom. The highest BCUT2D eigenvalue weighted by atomic mass is 32.2. The Hall–Kier alpha value is -4.37. The molecule has 1 aliphatic heterocycles. The largest absolute Gasteiger partial charge is 0.431 e. The molecule has 5 rings (SSSR count). The van der Waals surface area contributed by atoms with Crippen LogP contribution in [0.1, 0.15) is 12.5 Å². The summed E-state index contributed by atoms with van der Waals surface area (Å²) in [5.74, 6) is -0.618. The number of hydrazine groups is 1. The predicted octanol–water partition coefficient (Wildman–Crippen LogP) is 4.60. The van der Waals surface area contributed by atoms with Gasteiger partial charge in [-0.25, -0.2) is 9.78 Å². The molecule has 1 aromatic heterocycles. The third kappa shape index (κ3) is 4.48. The summed E-state index contributed by atoms with van der Waals surface area (Å²) in [4.78, 5) is 42.8. The monoisotopic (exact) mass is 498 g/mol. The molecule has 0 aliphatic carbocycles. The second-order valence-corrected chi connectivity index (χ2v) is 9.20. The summed E-state index contributed by atoms with van der Waals surface area (Å²) in [5, 5.41) is 3.68. The summed E-state index contributed by atoms with van der Waals surface area (Å²) < 4.78 is 6.02. The lowest BCUT2D eigenvalue weighted by Gasteiger charge is -2.22. The molecule has 0 spiro atoms. The minimum absolute atomic E-state index is 0.109. The van der Waals surface area contributed by atoms with Crippen molar-refractivity contribution in [1.82, 2.24) is 20.7 Å². The SMILES string of the molecule is C[C@@]1(c2ccccc2)NC(=O)N(NC(=O)CSc2nc(-c3ccccc3)c(-c3ccccc3)o2)C1=O. The van der Waals surface area contributed by atoms with Crippen molar-refractivity contribution in [3.8, 4) is 22.6 Å². The van der Waals surface area contributed by atoms with E-state index in [0.717, 1.165) is 27.9 Å². The molecule has 1 atom stereocenters. The highest BCUT2D eigenvalue weighted by Crippen LogP contribution is 2.35. The lowest BCUT2D eigenvalue weighted by Crippen LogP contribution is -2.48. The number of oxazole rings is 1. The third-order valence-corrected chi connectivity index (χ3v) is 6.62. The Kier molecular flexibility index (Phi) is 6.30. The first kappa shape index (κ1) is 23.4. The summed E-state index contributed by atoms with van der Waals surface area (Å²) in [6.45, 7) is 1.60. The standard InChI is InChI=1S/C27H22N4O4S/c1-27(20-15-9-4-10-16-20)24(33)31(25(34)29-27)30-21(32)17-36-26-28-22(18-11-5-2-6-12-18)23(35-26)19-13-7-3-8-14-19/h2-16H,17H2,1H3,(H,29,34)(H,30,32)/t27-/m0/s1. The maximum atomic E-state index is 13.0. The molecule has 8 nitrogen and oxygen atoms in total. The number of rotatable bonds is 7. The van der Waals surface area contributed by atoms with Gasteiger partial charge in [0.1, 0.15) is 11.2 Å². The summed E-state index contributed by atoms with van der Waals surface area (Å²) in [7, 11) is 0. The molecule has 2 heterocycles. The van der Waals surface area contributed by atoms with E-state index in [1.165, 1.54) is 0 Å². The number of benzene rings is 3. The molecule has 4 aromatic rings. The Morgan fingerprint density at radius 2 is 1.53 bits per heavy atom. The third-order valence-electron chi connectivity index (χ3n) is 5.80. The molecular formula is C27H22N4O4S. The van der Waals surface area contributed by atoms with E-state index in [4.69, 9.17) is 4.42 Å². The molecule has 36 heavy (non-hydrogen) atoms. The van der Waals surface area contributed by atoms with Gasteiger partial charge < -0.3 is 9.73 Å². The van der Waals surface area contributed by atoms with Crippen LogP contribution in [-0.2, 0) is 15.1 Å². The van der Waals surface area contributed by atoms with Gasteiger partial charge >= 0.3 is 6.03 Å². The fraction of sp³-hybridized carbons (Fsp3) is 0.111. The van der Waals surface area contributed by atoms with Crippen molar-refractivity contribution in [2.45, 2.75) is 17.7 Å². The number of urea groups is 1. The van der Waals surface area contributed by atoms with Gasteiger partial charge in [0.2, 0.25) is 5.91 Å². The van der Waals surface area contributed by atoms with Crippen LogP contribution in [-0.4, -0.2) is 33.6 Å². The van der Waals surface area contributed by atoms with Crippen molar-refractivity contribution >= 4 is 29.6 Å². The van der Waals surface area contributed by atoms with Gasteiger partial charge in [-0.2, -0.15) is 5.01 Å². The average Bonchev–Trinajstić information content (AvgIpc) is 3.44. The van der Waals surface area contributed by atoms with E-state index in [9.17, 15) is 14.4 Å². The first-order chi connectivity index (χ1) is 17.5. The van der Waals surface area contributed by atoms with Crippen molar-refractivity contribution in [3.63, 3.8) is 0 Å². The molecule has 1 aliphatic rings. The van der Waals surface area contributed by atoms with Gasteiger partial charge in [0.15, 0.2) is 5.76 Å². The molecule has 0 bridgehead atoms. The van der Waals surface area contributed by atoms with Crippen LogP contribution in [0.25, 0.3) is 22.6 Å². The highest BCUT2D eigenvalue weighted by Gasteiger charge is 2.49. The Balaban J connectivity index is 1.30. The van der Waals surface area contributed by atoms with Crippen molar-refractivity contribution in [2.75, 3.05) is 5.75 Å². The number of hydrogen-bond acceptors (Lipinski definition) is 6. The smallest absolute Gasteiger partial charge is 0.344 e. The average molecular weight is 499 g/mol. The molecule has 1 fully saturated rings. The quantitative estimate of drug-likeness (QED) is 0.285. The molecule has 3 aromatic carbocycles. The number of thioether (sulfide) groups is 1. The first-order valence-electron chi connectivity index (χ1n) is 11.2. The zero-order valence-corrected chi connectivity index (χ0v) is 20.1. The second-order valence-electron chi connectivity index (χ2n) is 8.27. The van der Waals surface area contributed by atoms with Gasteiger partial charge in [0.05, 0.1) is 5.75 Å². The molecular weight excluding hydrogens is 476 g/mol. The summed E-state index contributed by atoms with van der Waals surface area (Å²) in [5.41, 5.74) is 4.17. The van der Waals surface area contributed by atoms with Crippen LogP contribution < -0.4 is 10.7 Å². The van der Waals surface area contributed by atoms with Gasteiger partial charge in [-0.15, -0.1) is 0 Å². The zero-order chi connectivity index (χ0) is 25.1. The van der Waals surface area contributed by atoms with Gasteiger partial charge in [0.25, 0.3) is 11.1 Å². The van der Waals surface area contributed by atoms with Gasteiger partial charge in [-0.3, -0.25) is 15.0 Å². The number of carbonyl (C=O) groups is 3. The van der Waals surface area contributed by atoms with Crippen LogP contribution in [0.4, 0.5) is 4.79 Å². The Morgan fingerprint density at radius 1 is 0.944 bits per heavy atom. The maximum absolute atomic E-state index is 13.0. The fourth-order valence-corrected chi connectivity index (χ4v) is 4.55. The van der Waals surface area contributed by atoms with E-state index in [2.05, 4.69) is 15.7 Å². The Labute approximate surface area is 211 Å². The molecule has 9 heteroatoms. The fourth-order valence-electron chi connectivity index (χ4n) is 3.93. The highest BCUT2D eigenvalue weighted by molar-refractivity contribution is 7.99. The van der Waals surface area contributed by atoms with E-state index >= 15 is 0 Å². The number of amides is 4. The van der Waals surface area contributed by atoms with Crippen molar-refractivity contribution in [3.05, 3.63) is 96.6 Å². The van der Waals surface area contributed by atoms with Crippen molar-refractivity contribution in [1.29, 1.82) is 0 Å². The molecule has 1 saturated heterocycles. The van der Waals surface area contributed by atoms with Crippen LogP contribution >= 0.6 is 11.8 Å². The lowest BCUT2D eigenvalue weighted by atomic mass is 9.92. The minimum Gasteiger partial charge on any atom is -0.431 e. The van der Waals surface area contributed by atoms with Crippen LogP contribution in [0.2, 0.25) is 0 Å². The van der Waals surface area contributed by atoms with Crippen LogP contribution in [0.3, 0.4) is 0 Å². The summed E-state index contributed by atoms with van der Waals surface area (Å²) >= 11 is 1.08. The van der Waals surface area contributed by atoms with Crippen LogP contribution in [0.15, 0.2) is 101 Å². The summed E-state index contributed by atoms with van der Waals surface area (Å²) in [6, 6.07) is 27.4. The van der Waals surface area contributed by atoms with Gasteiger partial charge in [-0.1, -0.05) is 103 Å². The molecule has 2 N–H and O–H groups in total. The van der Waals surface area contributed by atoms with Gasteiger partial charge in [0, 0.05) is 11.1 Å². The van der Waals surface area contributed by atoms with E-state index in [1.807, 2.05) is 66.7 Å². The number of aromatic nitrogens is 1. The van der Waals surface area contributed by atoms with E-state index < -0.39 is 23.4 Å². The molecule has 4 amide bonds. The van der Waals surface area contributed by atoms with Crippen LogP contribution in [0.5, 0.6) is 0 Å². The maximum Gasteiger partial charge on any atom is 0.344 e. The number of imide groups is 1. The van der Waals surface area contributed by atoms with E-state index in [1.54, 1.807) is 31.2 Å². The van der Waals surface area contributed by atoms with Crippen molar-refractivity contribution in [2.24, 2.45) is 0 Å². The minimum atomic E-state index is -1.27. The first-order valence-corrected chi connectivity index (χ1v) is 12.2. The number of hydrogen-bond donors (Lipinski definition) is 2. The van der Waals surface area contributed by atoms with Crippen molar-refractivity contribution < 1.29 is 18.8 Å². The molecule has 0 saturated carbocycles. The zero-order valence-electron chi connectivity index (χ0n) is 19.3. The normalized spacial score (nSPS) is 17.2. The second kappa shape index (κ2) is 9.71. The molecule has 0 radical (unpaired) electrons. The van der Waals surface area contributed by atoms with E-state index in [0.29, 0.717) is 22.2 Å². The molecule has 180 valence electrons. The molecule has 0 unspecified atom stereocenters. The van der Waals surface area contributed by atoms with Crippen LogP contribution in [0, 0.1) is 0 Å². The Bertz CT molecular complexity index is 1350. The van der Waals surface area contributed by atoms with Gasteiger partial charge in [-0.05, 0) is 12.5 Å².